The van der Waals surface area contributed by atoms with E-state index in [1.807, 2.05) is 6.92 Å². The van der Waals surface area contributed by atoms with E-state index < -0.39 is 0 Å². The average molecular weight is 199 g/mol. The van der Waals surface area contributed by atoms with Gasteiger partial charge in [0, 0.05) is 13.1 Å². The minimum Gasteiger partial charge on any atom is -0.391 e. The summed E-state index contributed by atoms with van der Waals surface area (Å²) in [5, 5.41) is 9.31. The summed E-state index contributed by atoms with van der Waals surface area (Å²) < 4.78 is 5.50. The fraction of sp³-hybridized carbons (Fsp3) is 0.900. The van der Waals surface area contributed by atoms with Crippen LogP contribution in [-0.4, -0.2) is 47.3 Å². The SMILES string of the molecule is CC1CCC(C(=O)N2CC[C@H](O)C2)O1. The van der Waals surface area contributed by atoms with Crippen LogP contribution in [0.5, 0.6) is 0 Å². The summed E-state index contributed by atoms with van der Waals surface area (Å²) in [4.78, 5) is 13.5. The number of β-amino-alcohol motifs (C(OH)–C–C–N with tert-alkyl or cyclic N) is 1. The number of carbonyl (C=O) groups excluding carboxylic acids is 1. The summed E-state index contributed by atoms with van der Waals surface area (Å²) in [6, 6.07) is 0. The zero-order chi connectivity index (χ0) is 10.1. The summed E-state index contributed by atoms with van der Waals surface area (Å²) in [6.45, 7) is 3.15. The van der Waals surface area contributed by atoms with Gasteiger partial charge in [0.2, 0.25) is 0 Å². The lowest BCUT2D eigenvalue weighted by Crippen LogP contribution is -2.38. The Labute approximate surface area is 83.8 Å². The zero-order valence-electron chi connectivity index (χ0n) is 8.48. The maximum absolute atomic E-state index is 11.8. The van der Waals surface area contributed by atoms with E-state index in [0.29, 0.717) is 19.5 Å². The molecule has 0 aromatic heterocycles. The maximum Gasteiger partial charge on any atom is 0.251 e. The van der Waals surface area contributed by atoms with Crippen LogP contribution >= 0.6 is 0 Å². The van der Waals surface area contributed by atoms with Crippen molar-refractivity contribution in [2.24, 2.45) is 0 Å². The quantitative estimate of drug-likeness (QED) is 0.654. The molecule has 0 radical (unpaired) electrons. The highest BCUT2D eigenvalue weighted by molar-refractivity contribution is 5.81. The first-order valence-corrected chi connectivity index (χ1v) is 5.29. The monoisotopic (exact) mass is 199 g/mol. The Hall–Kier alpha value is -0.610. The molecule has 2 saturated heterocycles. The van der Waals surface area contributed by atoms with Crippen LogP contribution in [0.1, 0.15) is 26.2 Å². The molecule has 2 heterocycles. The van der Waals surface area contributed by atoms with E-state index in [2.05, 4.69) is 0 Å². The first-order chi connectivity index (χ1) is 6.66. The first kappa shape index (κ1) is 9.93. The van der Waals surface area contributed by atoms with Crippen molar-refractivity contribution >= 4 is 5.91 Å². The highest BCUT2D eigenvalue weighted by atomic mass is 16.5. The molecule has 2 fully saturated rings. The number of ether oxygens (including phenoxy) is 1. The normalized spacial score (nSPS) is 37.9. The lowest BCUT2D eigenvalue weighted by molar-refractivity contribution is -0.141. The highest BCUT2D eigenvalue weighted by Crippen LogP contribution is 2.22. The third-order valence-electron chi connectivity index (χ3n) is 2.98. The number of hydrogen-bond acceptors (Lipinski definition) is 3. The van der Waals surface area contributed by atoms with Gasteiger partial charge < -0.3 is 14.7 Å². The highest BCUT2D eigenvalue weighted by Gasteiger charge is 2.34. The molecule has 14 heavy (non-hydrogen) atoms. The van der Waals surface area contributed by atoms with Crippen LogP contribution in [-0.2, 0) is 9.53 Å². The van der Waals surface area contributed by atoms with Gasteiger partial charge in [0.25, 0.3) is 5.91 Å². The van der Waals surface area contributed by atoms with Crippen molar-refractivity contribution in [3.63, 3.8) is 0 Å². The molecule has 0 aromatic rings. The number of aliphatic hydroxyl groups is 1. The molecule has 0 aliphatic carbocycles. The van der Waals surface area contributed by atoms with Gasteiger partial charge >= 0.3 is 0 Å². The van der Waals surface area contributed by atoms with Crippen LogP contribution in [0.2, 0.25) is 0 Å². The molecule has 80 valence electrons. The van der Waals surface area contributed by atoms with Crippen molar-refractivity contribution in [1.29, 1.82) is 0 Å². The Kier molecular flexibility index (Phi) is 2.74. The molecule has 0 aromatic carbocycles. The minimum atomic E-state index is -0.335. The summed E-state index contributed by atoms with van der Waals surface area (Å²) >= 11 is 0. The summed E-state index contributed by atoms with van der Waals surface area (Å²) in [5.41, 5.74) is 0. The molecule has 1 amide bonds. The van der Waals surface area contributed by atoms with Crippen molar-refractivity contribution in [2.45, 2.75) is 44.5 Å². The van der Waals surface area contributed by atoms with E-state index in [-0.39, 0.29) is 24.2 Å². The first-order valence-electron chi connectivity index (χ1n) is 5.29. The van der Waals surface area contributed by atoms with Gasteiger partial charge in [-0.15, -0.1) is 0 Å². The lowest BCUT2D eigenvalue weighted by Gasteiger charge is -2.19. The van der Waals surface area contributed by atoms with Gasteiger partial charge in [-0.25, -0.2) is 0 Å². The summed E-state index contributed by atoms with van der Waals surface area (Å²) in [7, 11) is 0. The molecule has 2 unspecified atom stereocenters. The maximum atomic E-state index is 11.8. The number of likely N-dealkylation sites (tertiary alicyclic amines) is 1. The van der Waals surface area contributed by atoms with E-state index >= 15 is 0 Å². The molecular weight excluding hydrogens is 182 g/mol. The Bertz CT molecular complexity index is 209. The second-order valence-corrected chi connectivity index (χ2v) is 4.24. The van der Waals surface area contributed by atoms with E-state index in [9.17, 15) is 9.90 Å². The average Bonchev–Trinajstić information content (AvgIpc) is 2.73. The van der Waals surface area contributed by atoms with Gasteiger partial charge in [-0.05, 0) is 26.2 Å². The minimum absolute atomic E-state index is 0.0610. The molecule has 4 nitrogen and oxygen atoms in total. The molecule has 2 aliphatic rings. The van der Waals surface area contributed by atoms with E-state index in [1.54, 1.807) is 4.90 Å². The number of amides is 1. The molecule has 2 rings (SSSR count). The topological polar surface area (TPSA) is 49.8 Å². The van der Waals surface area contributed by atoms with Gasteiger partial charge in [-0.2, -0.15) is 0 Å². The molecule has 2 aliphatic heterocycles. The van der Waals surface area contributed by atoms with Crippen molar-refractivity contribution in [2.75, 3.05) is 13.1 Å². The van der Waals surface area contributed by atoms with Crippen molar-refractivity contribution < 1.29 is 14.6 Å². The second-order valence-electron chi connectivity index (χ2n) is 4.24. The Morgan fingerprint density at radius 2 is 2.21 bits per heavy atom. The fourth-order valence-electron chi connectivity index (χ4n) is 2.13. The third-order valence-corrected chi connectivity index (χ3v) is 2.98. The van der Waals surface area contributed by atoms with Gasteiger partial charge in [0.15, 0.2) is 0 Å². The van der Waals surface area contributed by atoms with Gasteiger partial charge in [-0.1, -0.05) is 0 Å². The summed E-state index contributed by atoms with van der Waals surface area (Å²) in [5.74, 6) is 0.0610. The van der Waals surface area contributed by atoms with Gasteiger partial charge in [0.1, 0.15) is 6.10 Å². The molecule has 3 atom stereocenters. The number of carbonyl (C=O) groups is 1. The van der Waals surface area contributed by atoms with Crippen LogP contribution in [0.4, 0.5) is 0 Å². The molecule has 4 heteroatoms. The molecule has 0 saturated carbocycles. The number of rotatable bonds is 1. The molecule has 1 N–H and O–H groups in total. The molecule has 0 spiro atoms. The van der Waals surface area contributed by atoms with E-state index in [1.165, 1.54) is 0 Å². The predicted molar refractivity (Wildman–Crippen MR) is 50.8 cm³/mol. The molecular formula is C10H17NO3. The Balaban J connectivity index is 1.89. The van der Waals surface area contributed by atoms with Crippen molar-refractivity contribution in [1.82, 2.24) is 4.90 Å². The number of hydrogen-bond donors (Lipinski definition) is 1. The van der Waals surface area contributed by atoms with Crippen LogP contribution in [0.15, 0.2) is 0 Å². The van der Waals surface area contributed by atoms with Gasteiger partial charge in [0.05, 0.1) is 12.2 Å². The molecule has 0 bridgehead atoms. The standard InChI is InChI=1S/C10H17NO3/c1-7-2-3-9(14-7)10(13)11-5-4-8(12)6-11/h7-9,12H,2-6H2,1H3/t7?,8-,9?/m0/s1. The van der Waals surface area contributed by atoms with E-state index in [4.69, 9.17) is 4.74 Å². The largest absolute Gasteiger partial charge is 0.391 e. The Morgan fingerprint density at radius 1 is 1.43 bits per heavy atom. The van der Waals surface area contributed by atoms with Crippen molar-refractivity contribution in [3.05, 3.63) is 0 Å². The lowest BCUT2D eigenvalue weighted by atomic mass is 10.2. The Morgan fingerprint density at radius 3 is 2.71 bits per heavy atom. The van der Waals surface area contributed by atoms with Gasteiger partial charge in [-0.3, -0.25) is 4.79 Å². The van der Waals surface area contributed by atoms with Crippen LogP contribution < -0.4 is 0 Å². The van der Waals surface area contributed by atoms with Crippen LogP contribution in [0.25, 0.3) is 0 Å². The van der Waals surface area contributed by atoms with E-state index in [0.717, 1.165) is 12.8 Å². The van der Waals surface area contributed by atoms with Crippen LogP contribution in [0, 0.1) is 0 Å². The van der Waals surface area contributed by atoms with Crippen molar-refractivity contribution in [3.8, 4) is 0 Å². The van der Waals surface area contributed by atoms with Crippen LogP contribution in [0.3, 0.4) is 0 Å². The zero-order valence-corrected chi connectivity index (χ0v) is 8.48. The number of nitrogens with zero attached hydrogens (tertiary/aromatic N) is 1. The predicted octanol–water partition coefficient (Wildman–Crippen LogP) is 0.147. The summed E-state index contributed by atoms with van der Waals surface area (Å²) in [6.07, 6.45) is 2.11. The second kappa shape index (κ2) is 3.87. The number of aliphatic hydroxyl groups excluding tert-OH is 1. The fourth-order valence-corrected chi connectivity index (χ4v) is 2.13. The third kappa shape index (κ3) is 1.91. The smallest absolute Gasteiger partial charge is 0.251 e.